The van der Waals surface area contributed by atoms with Crippen LogP contribution in [0.1, 0.15) is 53.0 Å². The Kier molecular flexibility index (Phi) is 6.63. The molecule has 14 heteroatoms. The number of aromatic nitrogens is 4. The number of rotatable bonds is 8. The average Bonchev–Trinajstić information content (AvgIpc) is 3.47. The SMILES string of the molecule is CSc1cnc(C(Cc2cc(F)cc(F)c2)NC(=O)Cn2nc(C(F)F)c3c2C(F)(F)C2CC32)c(Cl)n1. The van der Waals surface area contributed by atoms with Gasteiger partial charge in [0.15, 0.2) is 5.15 Å². The highest BCUT2D eigenvalue weighted by molar-refractivity contribution is 7.98. The highest BCUT2D eigenvalue weighted by atomic mass is 35.5. The first-order valence-electron chi connectivity index (χ1n) is 11.1. The minimum Gasteiger partial charge on any atom is -0.346 e. The number of carbonyl (C=O) groups is 1. The molecule has 3 aromatic rings. The zero-order valence-corrected chi connectivity index (χ0v) is 20.6. The maximum absolute atomic E-state index is 14.8. The monoisotopic (exact) mass is 561 g/mol. The van der Waals surface area contributed by atoms with Gasteiger partial charge < -0.3 is 5.32 Å². The number of amides is 1. The molecule has 1 saturated carbocycles. The summed E-state index contributed by atoms with van der Waals surface area (Å²) < 4.78 is 84.9. The highest BCUT2D eigenvalue weighted by Crippen LogP contribution is 2.68. The molecule has 0 spiro atoms. The van der Waals surface area contributed by atoms with Crippen LogP contribution in [0.4, 0.5) is 26.3 Å². The Hall–Kier alpha value is -2.80. The fourth-order valence-corrected chi connectivity index (χ4v) is 5.49. The van der Waals surface area contributed by atoms with E-state index in [1.807, 2.05) is 0 Å². The summed E-state index contributed by atoms with van der Waals surface area (Å²) in [6.07, 6.45) is -0.0301. The summed E-state index contributed by atoms with van der Waals surface area (Å²) in [5.74, 6) is -7.72. The lowest BCUT2D eigenvalue weighted by Gasteiger charge is -2.21. The molecule has 0 radical (unpaired) electrons. The molecular weight excluding hydrogens is 544 g/mol. The number of fused-ring (bicyclic) bond motifs is 3. The van der Waals surface area contributed by atoms with Gasteiger partial charge in [-0.05, 0) is 42.7 Å². The maximum Gasteiger partial charge on any atom is 0.293 e. The van der Waals surface area contributed by atoms with Gasteiger partial charge in [-0.25, -0.2) is 22.5 Å². The van der Waals surface area contributed by atoms with Crippen molar-refractivity contribution in [1.29, 1.82) is 0 Å². The number of thioether (sulfide) groups is 1. The van der Waals surface area contributed by atoms with Gasteiger partial charge in [-0.2, -0.15) is 13.9 Å². The van der Waals surface area contributed by atoms with E-state index >= 15 is 0 Å². The molecule has 2 aliphatic rings. The summed E-state index contributed by atoms with van der Waals surface area (Å²) in [7, 11) is 0. The predicted molar refractivity (Wildman–Crippen MR) is 122 cm³/mol. The van der Waals surface area contributed by atoms with Crippen molar-refractivity contribution in [2.75, 3.05) is 6.26 Å². The Morgan fingerprint density at radius 3 is 2.57 bits per heavy atom. The molecule has 3 atom stereocenters. The average molecular weight is 562 g/mol. The molecule has 37 heavy (non-hydrogen) atoms. The third kappa shape index (κ3) is 4.78. The van der Waals surface area contributed by atoms with Crippen LogP contribution in [0.15, 0.2) is 29.4 Å². The molecule has 1 amide bonds. The molecule has 196 valence electrons. The smallest absolute Gasteiger partial charge is 0.293 e. The van der Waals surface area contributed by atoms with Gasteiger partial charge in [0.05, 0.1) is 12.2 Å². The molecular formula is C23H18ClF6N5OS. The van der Waals surface area contributed by atoms with Gasteiger partial charge in [-0.15, -0.1) is 11.8 Å². The van der Waals surface area contributed by atoms with Crippen molar-refractivity contribution in [3.05, 3.63) is 69.4 Å². The number of halogens is 7. The molecule has 3 unspecified atom stereocenters. The Morgan fingerprint density at radius 1 is 1.24 bits per heavy atom. The zero-order chi connectivity index (χ0) is 26.6. The summed E-state index contributed by atoms with van der Waals surface area (Å²) in [4.78, 5) is 21.4. The van der Waals surface area contributed by atoms with Gasteiger partial charge in [-0.1, -0.05) is 11.6 Å². The van der Waals surface area contributed by atoms with Crippen LogP contribution in [0.2, 0.25) is 5.15 Å². The molecule has 1 aromatic carbocycles. The largest absolute Gasteiger partial charge is 0.346 e. The van der Waals surface area contributed by atoms with Gasteiger partial charge in [0.25, 0.3) is 12.3 Å². The van der Waals surface area contributed by atoms with E-state index in [2.05, 4.69) is 20.4 Å². The Bertz CT molecular complexity index is 1370. The molecule has 5 rings (SSSR count). The summed E-state index contributed by atoms with van der Waals surface area (Å²) in [6.45, 7) is -0.786. The first-order valence-corrected chi connectivity index (χ1v) is 12.7. The third-order valence-electron chi connectivity index (χ3n) is 6.43. The Labute approximate surface area is 215 Å². The predicted octanol–water partition coefficient (Wildman–Crippen LogP) is 5.57. The fourth-order valence-electron chi connectivity index (χ4n) is 4.83. The molecule has 0 aliphatic heterocycles. The van der Waals surface area contributed by atoms with Crippen LogP contribution in [0.3, 0.4) is 0 Å². The first-order chi connectivity index (χ1) is 17.5. The van der Waals surface area contributed by atoms with Gasteiger partial charge in [0.1, 0.15) is 40.3 Å². The molecule has 0 saturated heterocycles. The van der Waals surface area contributed by atoms with Crippen LogP contribution in [0, 0.1) is 17.6 Å². The number of carbonyl (C=O) groups excluding carboxylic acids is 1. The number of hydrogen-bond donors (Lipinski definition) is 1. The van der Waals surface area contributed by atoms with Crippen molar-refractivity contribution in [1.82, 2.24) is 25.1 Å². The third-order valence-corrected chi connectivity index (χ3v) is 7.32. The van der Waals surface area contributed by atoms with Gasteiger partial charge in [-0.3, -0.25) is 14.5 Å². The summed E-state index contributed by atoms with van der Waals surface area (Å²) >= 11 is 7.52. The summed E-state index contributed by atoms with van der Waals surface area (Å²) in [5.41, 5.74) is -1.39. The van der Waals surface area contributed by atoms with Gasteiger partial charge in [0, 0.05) is 17.5 Å². The second-order valence-electron chi connectivity index (χ2n) is 8.87. The van der Waals surface area contributed by atoms with Crippen LogP contribution < -0.4 is 5.32 Å². The summed E-state index contributed by atoms with van der Waals surface area (Å²) in [5, 5.41) is 6.59. The standard InChI is InChI=1S/C23H18ClF6N5OS/c1-37-16-7-31-18(21(24)33-16)14(4-9-2-10(25)5-11(26)3-9)32-15(36)8-35-20-17(19(34-35)22(27)28)12-6-13(12)23(20,29)30/h2-3,5,7,12-14,22H,4,6,8H2,1H3,(H,32,36). The van der Waals surface area contributed by atoms with Crippen molar-refractivity contribution in [3.8, 4) is 0 Å². The van der Waals surface area contributed by atoms with Crippen LogP contribution in [-0.2, 0) is 23.7 Å². The number of nitrogens with zero attached hydrogens (tertiary/aromatic N) is 4. The van der Waals surface area contributed by atoms with E-state index in [4.69, 9.17) is 11.6 Å². The van der Waals surface area contributed by atoms with E-state index in [0.717, 1.165) is 12.1 Å². The topological polar surface area (TPSA) is 72.7 Å². The molecule has 2 heterocycles. The van der Waals surface area contributed by atoms with E-state index in [-0.39, 0.29) is 34.8 Å². The van der Waals surface area contributed by atoms with Crippen molar-refractivity contribution in [2.45, 2.75) is 48.7 Å². The zero-order valence-electron chi connectivity index (χ0n) is 19.0. The minimum atomic E-state index is -3.39. The van der Waals surface area contributed by atoms with E-state index in [0.29, 0.717) is 15.8 Å². The van der Waals surface area contributed by atoms with E-state index < -0.39 is 65.7 Å². The lowest BCUT2D eigenvalue weighted by Crippen LogP contribution is -2.35. The van der Waals surface area contributed by atoms with E-state index in [1.54, 1.807) is 6.26 Å². The molecule has 1 N–H and O–H groups in total. The van der Waals surface area contributed by atoms with Crippen LogP contribution in [0.5, 0.6) is 0 Å². The second kappa shape index (κ2) is 9.50. The van der Waals surface area contributed by atoms with Crippen molar-refractivity contribution < 1.29 is 31.1 Å². The van der Waals surface area contributed by atoms with Gasteiger partial charge >= 0.3 is 0 Å². The second-order valence-corrected chi connectivity index (χ2v) is 10.1. The van der Waals surface area contributed by atoms with Crippen molar-refractivity contribution in [2.24, 2.45) is 5.92 Å². The lowest BCUT2D eigenvalue weighted by atomic mass is 10.0. The van der Waals surface area contributed by atoms with Crippen molar-refractivity contribution in [3.63, 3.8) is 0 Å². The number of benzene rings is 1. The van der Waals surface area contributed by atoms with Crippen LogP contribution in [0.25, 0.3) is 0 Å². The number of alkyl halides is 4. The Morgan fingerprint density at radius 2 is 1.95 bits per heavy atom. The fraction of sp³-hybridized carbons (Fsp3) is 0.391. The molecule has 2 aliphatic carbocycles. The van der Waals surface area contributed by atoms with Gasteiger partial charge in [0.2, 0.25) is 5.91 Å². The van der Waals surface area contributed by atoms with Crippen LogP contribution in [-0.4, -0.2) is 31.9 Å². The number of nitrogens with one attached hydrogen (secondary N) is 1. The molecule has 2 aromatic heterocycles. The lowest BCUT2D eigenvalue weighted by molar-refractivity contribution is -0.123. The first kappa shape index (κ1) is 25.8. The normalized spacial score (nSPS) is 20.0. The van der Waals surface area contributed by atoms with Crippen LogP contribution >= 0.6 is 23.4 Å². The summed E-state index contributed by atoms with van der Waals surface area (Å²) in [6, 6.07) is 1.72. The molecule has 0 bridgehead atoms. The maximum atomic E-state index is 14.8. The van der Waals surface area contributed by atoms with E-state index in [1.165, 1.54) is 18.0 Å². The highest BCUT2D eigenvalue weighted by Gasteiger charge is 2.67. The molecule has 6 nitrogen and oxygen atoms in total. The molecule has 1 fully saturated rings. The quantitative estimate of drug-likeness (QED) is 0.287. The van der Waals surface area contributed by atoms with Crippen molar-refractivity contribution >= 4 is 29.3 Å². The Balaban J connectivity index is 1.45. The minimum absolute atomic E-state index is 0.0722. The number of hydrogen-bond acceptors (Lipinski definition) is 5. The van der Waals surface area contributed by atoms with E-state index in [9.17, 15) is 31.1 Å².